The zero-order valence-electron chi connectivity index (χ0n) is 12.2. The number of benzene rings is 2. The number of rotatable bonds is 5. The molecular weight excluding hydrogens is 339 g/mol. The van der Waals surface area contributed by atoms with Crippen molar-refractivity contribution in [3.05, 3.63) is 64.4 Å². The lowest BCUT2D eigenvalue weighted by Gasteiger charge is -2.10. The number of carbonyl (C=O) groups excluding carboxylic acids is 2. The van der Waals surface area contributed by atoms with Gasteiger partial charge in [-0.1, -0.05) is 11.6 Å². The molecule has 0 aliphatic heterocycles. The van der Waals surface area contributed by atoms with E-state index in [9.17, 15) is 18.8 Å². The van der Waals surface area contributed by atoms with Crippen LogP contribution in [0.5, 0.6) is 0 Å². The van der Waals surface area contributed by atoms with Crippen LogP contribution in [0.4, 0.5) is 10.1 Å². The molecule has 2 aromatic rings. The number of amides is 2. The average Bonchev–Trinajstić information content (AvgIpc) is 2.55. The Labute approximate surface area is 141 Å². The Hall–Kier alpha value is -2.93. The van der Waals surface area contributed by atoms with Crippen molar-refractivity contribution < 1.29 is 23.9 Å². The van der Waals surface area contributed by atoms with Gasteiger partial charge in [0.15, 0.2) is 0 Å². The topological polar surface area (TPSA) is 95.5 Å². The number of hydrogen-bond acceptors (Lipinski definition) is 3. The Balaban J connectivity index is 2.16. The monoisotopic (exact) mass is 350 g/mol. The number of halogens is 2. The minimum Gasteiger partial charge on any atom is -0.480 e. The number of aliphatic carboxylic acids is 1. The molecular formula is C16H12ClFN2O4. The second kappa shape index (κ2) is 7.56. The van der Waals surface area contributed by atoms with Crippen molar-refractivity contribution >= 4 is 35.1 Å². The van der Waals surface area contributed by atoms with Crippen LogP contribution >= 0.6 is 11.6 Å². The highest BCUT2D eigenvalue weighted by Crippen LogP contribution is 2.23. The van der Waals surface area contributed by atoms with Crippen molar-refractivity contribution in [1.82, 2.24) is 5.32 Å². The third-order valence-electron chi connectivity index (χ3n) is 2.98. The Morgan fingerprint density at radius 3 is 2.25 bits per heavy atom. The van der Waals surface area contributed by atoms with E-state index in [-0.39, 0.29) is 21.8 Å². The van der Waals surface area contributed by atoms with E-state index in [1.54, 1.807) is 0 Å². The van der Waals surface area contributed by atoms with Crippen molar-refractivity contribution in [2.45, 2.75) is 0 Å². The molecule has 6 nitrogen and oxygen atoms in total. The highest BCUT2D eigenvalue weighted by atomic mass is 35.5. The third-order valence-corrected chi connectivity index (χ3v) is 3.31. The quantitative estimate of drug-likeness (QED) is 0.772. The first-order valence-corrected chi connectivity index (χ1v) is 7.11. The summed E-state index contributed by atoms with van der Waals surface area (Å²) < 4.78 is 12.9. The molecule has 3 N–H and O–H groups in total. The second-order valence-corrected chi connectivity index (χ2v) is 5.14. The van der Waals surface area contributed by atoms with E-state index in [4.69, 9.17) is 16.7 Å². The molecule has 0 aromatic heterocycles. The van der Waals surface area contributed by atoms with Crippen molar-refractivity contribution in [3.8, 4) is 0 Å². The Morgan fingerprint density at radius 2 is 1.62 bits per heavy atom. The van der Waals surface area contributed by atoms with E-state index in [0.29, 0.717) is 0 Å². The number of hydrogen-bond donors (Lipinski definition) is 3. The van der Waals surface area contributed by atoms with Crippen LogP contribution in [0.2, 0.25) is 5.02 Å². The van der Waals surface area contributed by atoms with Crippen LogP contribution in [-0.2, 0) is 4.79 Å². The van der Waals surface area contributed by atoms with Crippen LogP contribution in [0.15, 0.2) is 42.5 Å². The van der Waals surface area contributed by atoms with Gasteiger partial charge in [0.1, 0.15) is 12.4 Å². The smallest absolute Gasteiger partial charge is 0.322 e. The van der Waals surface area contributed by atoms with Crippen LogP contribution in [0.1, 0.15) is 20.7 Å². The highest BCUT2D eigenvalue weighted by molar-refractivity contribution is 6.34. The summed E-state index contributed by atoms with van der Waals surface area (Å²) in [4.78, 5) is 34.4. The highest BCUT2D eigenvalue weighted by Gasteiger charge is 2.13. The van der Waals surface area contributed by atoms with Gasteiger partial charge in [-0.15, -0.1) is 0 Å². The molecule has 2 rings (SSSR count). The summed E-state index contributed by atoms with van der Waals surface area (Å²) in [5.41, 5.74) is 0.525. The Bertz CT molecular complexity index is 793. The molecule has 0 aliphatic rings. The molecule has 8 heteroatoms. The minimum absolute atomic E-state index is 0.134. The molecule has 0 radical (unpaired) electrons. The molecule has 0 unspecified atom stereocenters. The van der Waals surface area contributed by atoms with Crippen molar-refractivity contribution in [1.29, 1.82) is 0 Å². The number of carbonyl (C=O) groups is 3. The van der Waals surface area contributed by atoms with Crippen molar-refractivity contribution in [3.63, 3.8) is 0 Å². The van der Waals surface area contributed by atoms with Crippen LogP contribution in [0, 0.1) is 5.82 Å². The van der Waals surface area contributed by atoms with Gasteiger partial charge in [0, 0.05) is 11.1 Å². The standard InChI is InChI=1S/C16H12ClFN2O4/c17-12-6-3-10(15(23)19-8-14(21)22)7-13(12)20-16(24)9-1-4-11(18)5-2-9/h1-7H,8H2,(H,19,23)(H,20,24)(H,21,22). The van der Waals surface area contributed by atoms with Gasteiger partial charge in [-0.05, 0) is 42.5 Å². The largest absolute Gasteiger partial charge is 0.480 e. The normalized spacial score (nSPS) is 10.1. The summed E-state index contributed by atoms with van der Waals surface area (Å²) in [6, 6.07) is 9.02. The van der Waals surface area contributed by atoms with Gasteiger partial charge in [0.25, 0.3) is 11.8 Å². The van der Waals surface area contributed by atoms with Crippen LogP contribution in [0.25, 0.3) is 0 Å². The van der Waals surface area contributed by atoms with Crippen molar-refractivity contribution in [2.24, 2.45) is 0 Å². The number of nitrogens with one attached hydrogen (secondary N) is 2. The summed E-state index contributed by atoms with van der Waals surface area (Å²) in [5, 5.41) is 13.5. The van der Waals surface area contributed by atoms with Gasteiger partial charge >= 0.3 is 5.97 Å². The molecule has 0 bridgehead atoms. The summed E-state index contributed by atoms with van der Waals surface area (Å²) in [6.07, 6.45) is 0. The zero-order valence-corrected chi connectivity index (χ0v) is 12.9. The van der Waals surface area contributed by atoms with Crippen LogP contribution < -0.4 is 10.6 Å². The molecule has 0 saturated heterocycles. The lowest BCUT2D eigenvalue weighted by molar-refractivity contribution is -0.135. The van der Waals surface area contributed by atoms with E-state index in [1.807, 2.05) is 0 Å². The maximum atomic E-state index is 12.9. The molecule has 2 aromatic carbocycles. The third kappa shape index (κ3) is 4.53. The first-order chi connectivity index (χ1) is 11.4. The molecule has 0 saturated carbocycles. The van der Waals surface area contributed by atoms with E-state index in [2.05, 4.69) is 10.6 Å². The van der Waals surface area contributed by atoms with Gasteiger partial charge in [-0.25, -0.2) is 4.39 Å². The molecule has 0 atom stereocenters. The molecule has 0 fully saturated rings. The van der Waals surface area contributed by atoms with Gasteiger partial charge in [0.2, 0.25) is 0 Å². The molecule has 124 valence electrons. The fourth-order valence-electron chi connectivity index (χ4n) is 1.82. The van der Waals surface area contributed by atoms with E-state index < -0.39 is 30.1 Å². The zero-order chi connectivity index (χ0) is 17.7. The van der Waals surface area contributed by atoms with Crippen molar-refractivity contribution in [2.75, 3.05) is 11.9 Å². The second-order valence-electron chi connectivity index (χ2n) is 4.73. The van der Waals surface area contributed by atoms with Gasteiger partial charge < -0.3 is 15.7 Å². The Morgan fingerprint density at radius 1 is 1.00 bits per heavy atom. The van der Waals surface area contributed by atoms with E-state index >= 15 is 0 Å². The summed E-state index contributed by atoms with van der Waals surface area (Å²) in [7, 11) is 0. The summed E-state index contributed by atoms with van der Waals surface area (Å²) >= 11 is 5.98. The number of anilines is 1. The van der Waals surface area contributed by atoms with Gasteiger partial charge in [0.05, 0.1) is 10.7 Å². The maximum Gasteiger partial charge on any atom is 0.322 e. The fourth-order valence-corrected chi connectivity index (χ4v) is 1.98. The first kappa shape index (κ1) is 17.4. The van der Waals surface area contributed by atoms with E-state index in [0.717, 1.165) is 12.1 Å². The van der Waals surface area contributed by atoms with Crippen LogP contribution in [-0.4, -0.2) is 29.4 Å². The molecule has 0 aliphatic carbocycles. The van der Waals surface area contributed by atoms with Crippen LogP contribution in [0.3, 0.4) is 0 Å². The summed E-state index contributed by atoms with van der Waals surface area (Å²) in [6.45, 7) is -0.529. The minimum atomic E-state index is -1.18. The predicted molar refractivity (Wildman–Crippen MR) is 85.8 cm³/mol. The maximum absolute atomic E-state index is 12.9. The Kier molecular flexibility index (Phi) is 5.49. The average molecular weight is 351 g/mol. The molecule has 0 spiro atoms. The lowest BCUT2D eigenvalue weighted by atomic mass is 10.1. The van der Waals surface area contributed by atoms with Gasteiger partial charge in [-0.2, -0.15) is 0 Å². The SMILES string of the molecule is O=C(O)CNC(=O)c1ccc(Cl)c(NC(=O)c2ccc(F)cc2)c1. The fraction of sp³-hybridized carbons (Fsp3) is 0.0625. The number of carboxylic acids is 1. The van der Waals surface area contributed by atoms with Gasteiger partial charge in [-0.3, -0.25) is 14.4 Å². The lowest BCUT2D eigenvalue weighted by Crippen LogP contribution is -2.29. The predicted octanol–water partition coefficient (Wildman–Crippen LogP) is 2.55. The summed E-state index contributed by atoms with van der Waals surface area (Å²) in [5.74, 6) is -2.80. The van der Waals surface area contributed by atoms with E-state index in [1.165, 1.54) is 30.3 Å². The molecule has 24 heavy (non-hydrogen) atoms. The molecule has 2 amide bonds. The number of carboxylic acid groups (broad SMARTS) is 1. The first-order valence-electron chi connectivity index (χ1n) is 6.73. The molecule has 0 heterocycles.